The molecule has 156 valence electrons. The number of carbonyl (C=O) groups excluding carboxylic acids is 1. The number of amides is 1. The van der Waals surface area contributed by atoms with Crippen molar-refractivity contribution < 1.29 is 19.4 Å². The van der Waals surface area contributed by atoms with Crippen LogP contribution in [0.1, 0.15) is 21.6 Å². The number of carbonyl (C=O) groups is 1. The fourth-order valence-corrected chi connectivity index (χ4v) is 3.91. The molecule has 3 heterocycles. The lowest BCUT2D eigenvalue weighted by Gasteiger charge is -2.27. The number of oxazole rings is 1. The van der Waals surface area contributed by atoms with Gasteiger partial charge in [0.2, 0.25) is 0 Å². The fraction of sp³-hybridized carbons (Fsp3) is 0.136. The number of nitrogens with zero attached hydrogens (tertiary/aromatic N) is 3. The van der Waals surface area contributed by atoms with Gasteiger partial charge in [-0.3, -0.25) is 9.89 Å². The van der Waals surface area contributed by atoms with Gasteiger partial charge in [-0.25, -0.2) is 4.98 Å². The summed E-state index contributed by atoms with van der Waals surface area (Å²) in [7, 11) is 0. The quantitative estimate of drug-likeness (QED) is 0.447. The van der Waals surface area contributed by atoms with Crippen LogP contribution in [-0.4, -0.2) is 42.7 Å². The summed E-state index contributed by atoms with van der Waals surface area (Å²) in [6, 6.07) is 9.81. The van der Waals surface area contributed by atoms with Gasteiger partial charge in [0.05, 0.1) is 11.2 Å². The number of fused-ring (bicyclic) bond motifs is 1. The summed E-state index contributed by atoms with van der Waals surface area (Å²) < 4.78 is 5.28. The molecule has 1 aliphatic rings. The van der Waals surface area contributed by atoms with Crippen molar-refractivity contribution in [2.75, 3.05) is 6.54 Å². The number of aromatic hydroxyl groups is 2. The average Bonchev–Trinajstić information content (AvgIpc) is 3.46. The first-order valence-electron chi connectivity index (χ1n) is 9.57. The molecule has 0 aliphatic carbocycles. The molecule has 4 aromatic rings. The van der Waals surface area contributed by atoms with E-state index in [2.05, 4.69) is 15.2 Å². The Balaban J connectivity index is 1.41. The highest BCUT2D eigenvalue weighted by Gasteiger charge is 2.27. The molecular formula is C22H17ClN4O4. The number of hydrogen-bond donors (Lipinski definition) is 3. The van der Waals surface area contributed by atoms with Gasteiger partial charge in [0, 0.05) is 53.5 Å². The number of halogens is 1. The van der Waals surface area contributed by atoms with Crippen molar-refractivity contribution in [1.29, 1.82) is 0 Å². The molecule has 1 amide bonds. The largest absolute Gasteiger partial charge is 0.507 e. The SMILES string of the molecule is O=C(c1ccc(-c2cnco2)cc1)N1CCc2[nH]nc(-c3cc(Cl)c(O)cc3O)c2C1. The molecule has 0 spiro atoms. The van der Waals surface area contributed by atoms with Crippen LogP contribution in [0.2, 0.25) is 5.02 Å². The zero-order valence-electron chi connectivity index (χ0n) is 16.2. The van der Waals surface area contributed by atoms with E-state index < -0.39 is 0 Å². The Morgan fingerprint density at radius 1 is 1.16 bits per heavy atom. The van der Waals surface area contributed by atoms with E-state index in [0.717, 1.165) is 16.8 Å². The zero-order chi connectivity index (χ0) is 21.5. The second-order valence-corrected chi connectivity index (χ2v) is 7.68. The van der Waals surface area contributed by atoms with Gasteiger partial charge in [0.1, 0.15) is 17.2 Å². The number of aromatic nitrogens is 3. The van der Waals surface area contributed by atoms with E-state index in [-0.39, 0.29) is 22.4 Å². The van der Waals surface area contributed by atoms with Crippen LogP contribution in [0.3, 0.4) is 0 Å². The van der Waals surface area contributed by atoms with Gasteiger partial charge in [-0.05, 0) is 18.2 Å². The third-order valence-corrected chi connectivity index (χ3v) is 5.69. The molecule has 2 aromatic heterocycles. The first-order valence-corrected chi connectivity index (χ1v) is 9.95. The molecule has 0 atom stereocenters. The minimum Gasteiger partial charge on any atom is -0.507 e. The Bertz CT molecular complexity index is 1270. The summed E-state index contributed by atoms with van der Waals surface area (Å²) in [6.07, 6.45) is 3.59. The zero-order valence-corrected chi connectivity index (χ0v) is 16.9. The van der Waals surface area contributed by atoms with Crippen molar-refractivity contribution >= 4 is 17.5 Å². The molecule has 2 aromatic carbocycles. The number of hydrogen-bond acceptors (Lipinski definition) is 6. The van der Waals surface area contributed by atoms with Crippen molar-refractivity contribution in [2.45, 2.75) is 13.0 Å². The molecule has 9 heteroatoms. The minimum atomic E-state index is -0.210. The number of benzene rings is 2. The Morgan fingerprint density at radius 2 is 1.97 bits per heavy atom. The second-order valence-electron chi connectivity index (χ2n) is 7.27. The second kappa shape index (κ2) is 7.48. The van der Waals surface area contributed by atoms with Crippen LogP contribution in [0.15, 0.2) is 53.4 Å². The highest BCUT2D eigenvalue weighted by Crippen LogP contribution is 2.39. The maximum absolute atomic E-state index is 13.1. The minimum absolute atomic E-state index is 0.102. The Kier molecular flexibility index (Phi) is 4.63. The van der Waals surface area contributed by atoms with Gasteiger partial charge in [0.15, 0.2) is 12.2 Å². The van der Waals surface area contributed by atoms with Gasteiger partial charge >= 0.3 is 0 Å². The number of H-pyrrole nitrogens is 1. The Labute approximate surface area is 181 Å². The molecule has 0 fully saturated rings. The van der Waals surface area contributed by atoms with Crippen LogP contribution in [-0.2, 0) is 13.0 Å². The lowest BCUT2D eigenvalue weighted by molar-refractivity contribution is 0.0734. The summed E-state index contributed by atoms with van der Waals surface area (Å²) in [5, 5.41) is 27.4. The molecule has 5 rings (SSSR count). The standard InChI is InChI=1S/C22H17ClN4O4/c23-16-7-14(18(28)8-19(16)29)21-15-10-27(6-5-17(15)25-26-21)22(30)13-3-1-12(2-4-13)20-9-24-11-31-20/h1-4,7-9,11,28-29H,5-6,10H2,(H,25,26). The lowest BCUT2D eigenvalue weighted by Crippen LogP contribution is -2.35. The molecule has 1 aliphatic heterocycles. The predicted molar refractivity (Wildman–Crippen MR) is 113 cm³/mol. The van der Waals surface area contributed by atoms with Gasteiger partial charge in [-0.15, -0.1) is 0 Å². The number of nitrogens with one attached hydrogen (secondary N) is 1. The molecule has 0 saturated carbocycles. The van der Waals surface area contributed by atoms with Gasteiger partial charge in [-0.2, -0.15) is 5.10 Å². The summed E-state index contributed by atoms with van der Waals surface area (Å²) in [5.74, 6) is 0.187. The summed E-state index contributed by atoms with van der Waals surface area (Å²) in [4.78, 5) is 18.7. The van der Waals surface area contributed by atoms with Gasteiger partial charge in [0.25, 0.3) is 5.91 Å². The lowest BCUT2D eigenvalue weighted by atomic mass is 9.99. The van der Waals surface area contributed by atoms with Crippen molar-refractivity contribution in [2.24, 2.45) is 0 Å². The van der Waals surface area contributed by atoms with Gasteiger partial charge < -0.3 is 19.5 Å². The molecule has 3 N–H and O–H groups in total. The number of phenolic OH excluding ortho intramolecular Hbond substituents is 2. The normalized spacial score (nSPS) is 13.3. The molecule has 0 radical (unpaired) electrons. The van der Waals surface area contributed by atoms with Crippen LogP contribution in [0.4, 0.5) is 0 Å². The van der Waals surface area contributed by atoms with Crippen molar-refractivity contribution in [3.63, 3.8) is 0 Å². The fourth-order valence-electron chi connectivity index (χ4n) is 3.75. The van der Waals surface area contributed by atoms with E-state index in [0.29, 0.717) is 42.1 Å². The summed E-state index contributed by atoms with van der Waals surface area (Å²) in [5.41, 5.74) is 4.02. The van der Waals surface area contributed by atoms with Crippen LogP contribution in [0.5, 0.6) is 11.5 Å². The highest BCUT2D eigenvalue weighted by atomic mass is 35.5. The Hall–Kier alpha value is -3.78. The van der Waals surface area contributed by atoms with Crippen LogP contribution in [0.25, 0.3) is 22.6 Å². The average molecular weight is 437 g/mol. The van der Waals surface area contributed by atoms with Crippen molar-refractivity contribution in [1.82, 2.24) is 20.1 Å². The van der Waals surface area contributed by atoms with E-state index >= 15 is 0 Å². The van der Waals surface area contributed by atoms with Crippen LogP contribution < -0.4 is 0 Å². The molecule has 0 bridgehead atoms. The first kappa shape index (κ1) is 19.2. The van der Waals surface area contributed by atoms with Crippen LogP contribution >= 0.6 is 11.6 Å². The summed E-state index contributed by atoms with van der Waals surface area (Å²) >= 11 is 6.02. The predicted octanol–water partition coefficient (Wildman–Crippen LogP) is 3.99. The van der Waals surface area contributed by atoms with E-state index in [1.807, 2.05) is 12.1 Å². The number of phenols is 2. The smallest absolute Gasteiger partial charge is 0.254 e. The first-order chi connectivity index (χ1) is 15.0. The topological polar surface area (TPSA) is 115 Å². The van der Waals surface area contributed by atoms with Crippen molar-refractivity contribution in [3.05, 3.63) is 70.8 Å². The van der Waals surface area contributed by atoms with E-state index in [1.165, 1.54) is 18.5 Å². The molecule has 0 unspecified atom stereocenters. The van der Waals surface area contributed by atoms with Gasteiger partial charge in [-0.1, -0.05) is 23.7 Å². The van der Waals surface area contributed by atoms with Crippen LogP contribution in [0, 0.1) is 0 Å². The van der Waals surface area contributed by atoms with E-state index in [1.54, 1.807) is 23.2 Å². The molecule has 0 saturated heterocycles. The summed E-state index contributed by atoms with van der Waals surface area (Å²) in [6.45, 7) is 0.876. The maximum atomic E-state index is 13.1. The molecule has 8 nitrogen and oxygen atoms in total. The number of aromatic amines is 1. The van der Waals surface area contributed by atoms with E-state index in [9.17, 15) is 15.0 Å². The van der Waals surface area contributed by atoms with E-state index in [4.69, 9.17) is 16.0 Å². The maximum Gasteiger partial charge on any atom is 0.254 e. The van der Waals surface area contributed by atoms with Crippen molar-refractivity contribution in [3.8, 4) is 34.1 Å². The molecule has 31 heavy (non-hydrogen) atoms. The number of rotatable bonds is 3. The third kappa shape index (κ3) is 3.40. The Morgan fingerprint density at radius 3 is 2.71 bits per heavy atom. The highest BCUT2D eigenvalue weighted by molar-refractivity contribution is 6.32. The monoisotopic (exact) mass is 436 g/mol. The third-order valence-electron chi connectivity index (χ3n) is 5.39. The molecular weight excluding hydrogens is 420 g/mol.